The molecular weight excluding hydrogens is 424 g/mol. The van der Waals surface area contributed by atoms with Gasteiger partial charge in [-0.15, -0.1) is 0 Å². The molecule has 0 bridgehead atoms. The molecule has 1 aromatic heterocycles. The summed E-state index contributed by atoms with van der Waals surface area (Å²) in [6, 6.07) is 7.11. The molecule has 2 aromatic rings. The Morgan fingerprint density at radius 3 is 2.61 bits per heavy atom. The van der Waals surface area contributed by atoms with Crippen LogP contribution in [0.2, 0.25) is 0 Å². The van der Waals surface area contributed by atoms with Crippen molar-refractivity contribution >= 4 is 11.7 Å². The maximum atomic E-state index is 12.2. The maximum Gasteiger partial charge on any atom is 0.329 e. The number of carboxylic acids is 1. The van der Waals surface area contributed by atoms with Crippen molar-refractivity contribution in [2.24, 2.45) is 0 Å². The average Bonchev–Trinajstić information content (AvgIpc) is 3.31. The predicted octanol–water partition coefficient (Wildman–Crippen LogP) is 4.28. The number of hydrogen-bond acceptors (Lipinski definition) is 7. The van der Waals surface area contributed by atoms with Gasteiger partial charge in [-0.05, 0) is 43.0 Å². The number of hydrogen-bond donors (Lipinski definition) is 3. The van der Waals surface area contributed by atoms with Crippen LogP contribution < -0.4 is 10.1 Å². The third-order valence-corrected chi connectivity index (χ3v) is 6.61. The van der Waals surface area contributed by atoms with Crippen molar-refractivity contribution in [3.05, 3.63) is 35.4 Å². The highest BCUT2D eigenvalue weighted by atomic mass is 16.5. The van der Waals surface area contributed by atoms with Gasteiger partial charge in [0.05, 0.1) is 25.5 Å². The highest BCUT2D eigenvalue weighted by Crippen LogP contribution is 2.36. The Bertz CT molecular complexity index is 997. The maximum absolute atomic E-state index is 12.2. The minimum atomic E-state index is -1.07. The van der Waals surface area contributed by atoms with Gasteiger partial charge in [0.15, 0.2) is 0 Å². The van der Waals surface area contributed by atoms with Gasteiger partial charge in [-0.1, -0.05) is 12.8 Å². The minimum Gasteiger partial charge on any atom is -0.496 e. The first kappa shape index (κ1) is 23.3. The van der Waals surface area contributed by atoms with Gasteiger partial charge in [0.2, 0.25) is 5.88 Å². The van der Waals surface area contributed by atoms with E-state index in [4.69, 9.17) is 14.2 Å². The van der Waals surface area contributed by atoms with Crippen LogP contribution in [0, 0.1) is 6.92 Å². The van der Waals surface area contributed by atoms with Crippen LogP contribution in [0.25, 0.3) is 11.3 Å². The Morgan fingerprint density at radius 2 is 1.94 bits per heavy atom. The second-order valence-corrected chi connectivity index (χ2v) is 8.92. The number of carboxylic acid groups (broad SMARTS) is 1. The molecule has 0 atom stereocenters. The fourth-order valence-electron chi connectivity index (χ4n) is 4.80. The first-order chi connectivity index (χ1) is 15.9. The van der Waals surface area contributed by atoms with E-state index in [1.807, 2.05) is 19.1 Å². The molecular formula is C25H32N2O6. The number of pyridine rings is 1. The lowest BCUT2D eigenvalue weighted by Gasteiger charge is -2.35. The molecule has 178 valence electrons. The van der Waals surface area contributed by atoms with E-state index in [0.717, 1.165) is 35.2 Å². The van der Waals surface area contributed by atoms with Crippen molar-refractivity contribution in [3.63, 3.8) is 0 Å². The van der Waals surface area contributed by atoms with Crippen LogP contribution in [0.1, 0.15) is 49.7 Å². The third kappa shape index (κ3) is 5.23. The number of benzene rings is 1. The molecule has 4 rings (SSSR count). The summed E-state index contributed by atoms with van der Waals surface area (Å²) in [5.41, 5.74) is 2.87. The molecule has 2 heterocycles. The van der Waals surface area contributed by atoms with Crippen LogP contribution in [0.3, 0.4) is 0 Å². The first-order valence-corrected chi connectivity index (χ1v) is 11.5. The molecule has 2 fully saturated rings. The summed E-state index contributed by atoms with van der Waals surface area (Å²) in [5, 5.41) is 23.4. The molecule has 8 heteroatoms. The molecule has 0 radical (unpaired) electrons. The molecule has 1 saturated carbocycles. The van der Waals surface area contributed by atoms with E-state index in [1.165, 1.54) is 18.9 Å². The summed E-state index contributed by atoms with van der Waals surface area (Å²) < 4.78 is 16.9. The quantitative estimate of drug-likeness (QED) is 0.540. The van der Waals surface area contributed by atoms with E-state index in [9.17, 15) is 15.0 Å². The van der Waals surface area contributed by atoms with E-state index in [0.29, 0.717) is 44.1 Å². The number of aromatic nitrogens is 1. The monoisotopic (exact) mass is 456 g/mol. The van der Waals surface area contributed by atoms with Crippen molar-refractivity contribution in [2.75, 3.05) is 25.6 Å². The van der Waals surface area contributed by atoms with Crippen molar-refractivity contribution in [1.29, 1.82) is 0 Å². The number of rotatable bonds is 8. The standard InChI is InChI=1S/C25H32N2O6/c1-16-11-18(27-25(24(29)30)7-9-32-10-8-25)12-17(15-33-19-5-3-4-6-19)23(16)21-13-20(31-2)14-22(28)26-21/h11-14,19,27H,3-10,15H2,1-2H3,(H,26,28)(H,29,30). The Hall–Kier alpha value is -2.84. The largest absolute Gasteiger partial charge is 0.496 e. The number of aliphatic carboxylic acids is 1. The highest BCUT2D eigenvalue weighted by molar-refractivity contribution is 5.84. The number of aryl methyl sites for hydroxylation is 1. The smallest absolute Gasteiger partial charge is 0.329 e. The number of nitrogens with zero attached hydrogens (tertiary/aromatic N) is 1. The van der Waals surface area contributed by atoms with E-state index in [1.54, 1.807) is 13.2 Å². The van der Waals surface area contributed by atoms with Gasteiger partial charge in [0, 0.05) is 49.4 Å². The number of anilines is 1. The molecule has 1 aromatic carbocycles. The van der Waals surface area contributed by atoms with E-state index < -0.39 is 11.5 Å². The van der Waals surface area contributed by atoms with Crippen molar-refractivity contribution in [1.82, 2.24) is 4.98 Å². The molecule has 1 saturated heterocycles. The second-order valence-electron chi connectivity index (χ2n) is 8.92. The van der Waals surface area contributed by atoms with Gasteiger partial charge < -0.3 is 29.7 Å². The minimum absolute atomic E-state index is 0.124. The fraction of sp³-hybridized carbons (Fsp3) is 0.520. The van der Waals surface area contributed by atoms with E-state index in [2.05, 4.69) is 10.3 Å². The SMILES string of the molecule is COc1cc(O)nc(-c2c(C)cc(NC3(C(=O)O)CCOCC3)cc2COC2CCCC2)c1. The fourth-order valence-corrected chi connectivity index (χ4v) is 4.80. The zero-order valence-corrected chi connectivity index (χ0v) is 19.2. The number of methoxy groups -OCH3 is 1. The van der Waals surface area contributed by atoms with Crippen molar-refractivity contribution in [2.45, 2.75) is 63.7 Å². The molecule has 0 unspecified atom stereocenters. The molecule has 0 amide bonds. The van der Waals surface area contributed by atoms with Gasteiger partial charge in [-0.3, -0.25) is 0 Å². The lowest BCUT2D eigenvalue weighted by atomic mass is 9.89. The number of carbonyl (C=O) groups is 1. The summed E-state index contributed by atoms with van der Waals surface area (Å²) >= 11 is 0. The Balaban J connectivity index is 1.72. The van der Waals surface area contributed by atoms with Gasteiger partial charge >= 0.3 is 5.97 Å². The van der Waals surface area contributed by atoms with Gasteiger partial charge in [-0.25, -0.2) is 9.78 Å². The third-order valence-electron chi connectivity index (χ3n) is 6.61. The van der Waals surface area contributed by atoms with E-state index >= 15 is 0 Å². The van der Waals surface area contributed by atoms with Crippen LogP contribution >= 0.6 is 0 Å². The van der Waals surface area contributed by atoms with Crippen LogP contribution in [0.4, 0.5) is 5.69 Å². The molecule has 1 aliphatic heterocycles. The molecule has 3 N–H and O–H groups in total. The summed E-state index contributed by atoms with van der Waals surface area (Å²) in [7, 11) is 1.54. The zero-order chi connectivity index (χ0) is 23.4. The Kier molecular flexibility index (Phi) is 7.05. The lowest BCUT2D eigenvalue weighted by Crippen LogP contribution is -2.50. The molecule has 0 spiro atoms. The highest BCUT2D eigenvalue weighted by Gasteiger charge is 2.40. The summed E-state index contributed by atoms with van der Waals surface area (Å²) in [6.07, 6.45) is 5.45. The van der Waals surface area contributed by atoms with Crippen LogP contribution in [0.5, 0.6) is 11.6 Å². The molecule has 1 aliphatic carbocycles. The molecule has 8 nitrogen and oxygen atoms in total. The van der Waals surface area contributed by atoms with Crippen LogP contribution in [-0.4, -0.2) is 53.1 Å². The summed E-state index contributed by atoms with van der Waals surface area (Å²) in [6.45, 7) is 3.14. The average molecular weight is 457 g/mol. The first-order valence-electron chi connectivity index (χ1n) is 11.5. The predicted molar refractivity (Wildman–Crippen MR) is 124 cm³/mol. The van der Waals surface area contributed by atoms with E-state index in [-0.39, 0.29) is 12.0 Å². The second kappa shape index (κ2) is 9.97. The number of aromatic hydroxyl groups is 1. The van der Waals surface area contributed by atoms with Crippen LogP contribution in [0.15, 0.2) is 24.3 Å². The topological polar surface area (TPSA) is 110 Å². The zero-order valence-electron chi connectivity index (χ0n) is 19.2. The lowest BCUT2D eigenvalue weighted by molar-refractivity contribution is -0.145. The molecule has 33 heavy (non-hydrogen) atoms. The van der Waals surface area contributed by atoms with Gasteiger partial charge in [0.1, 0.15) is 11.3 Å². The molecule has 2 aliphatic rings. The number of ether oxygens (including phenoxy) is 3. The van der Waals surface area contributed by atoms with Crippen LogP contribution in [-0.2, 0) is 20.9 Å². The van der Waals surface area contributed by atoms with Gasteiger partial charge in [-0.2, -0.15) is 0 Å². The van der Waals surface area contributed by atoms with Crippen molar-refractivity contribution < 1.29 is 29.2 Å². The van der Waals surface area contributed by atoms with Gasteiger partial charge in [0.25, 0.3) is 0 Å². The normalized spacial score (nSPS) is 18.2. The summed E-state index contributed by atoms with van der Waals surface area (Å²) in [4.78, 5) is 16.5. The number of nitrogens with one attached hydrogen (secondary N) is 1. The Labute approximate surface area is 193 Å². The Morgan fingerprint density at radius 1 is 1.21 bits per heavy atom. The summed E-state index contributed by atoms with van der Waals surface area (Å²) in [5.74, 6) is -0.495. The van der Waals surface area contributed by atoms with Crippen molar-refractivity contribution in [3.8, 4) is 22.9 Å².